The van der Waals surface area contributed by atoms with Gasteiger partial charge in [0.1, 0.15) is 11.3 Å². The molecule has 3 aromatic heterocycles. The van der Waals surface area contributed by atoms with Gasteiger partial charge in [-0.15, -0.1) is 11.3 Å². The molecular weight excluding hydrogens is 468 g/mol. The average molecular weight is 489 g/mol. The molecule has 4 aromatic rings. The molecule has 1 atom stereocenters. The number of methoxy groups -OCH3 is 1. The summed E-state index contributed by atoms with van der Waals surface area (Å²) in [4.78, 5) is 48.4. The number of hydrogen-bond donors (Lipinski definition) is 1. The fraction of sp³-hybridized carbons (Fsp3) is 0.160. The zero-order chi connectivity index (χ0) is 24.9. The minimum atomic E-state index is -0.960. The second-order valence-corrected chi connectivity index (χ2v) is 8.90. The summed E-state index contributed by atoms with van der Waals surface area (Å²) in [6, 6.07) is 9.14. The van der Waals surface area contributed by atoms with Gasteiger partial charge in [-0.2, -0.15) is 0 Å². The first-order chi connectivity index (χ1) is 16.8. The number of aliphatic hydroxyl groups is 1. The fourth-order valence-corrected chi connectivity index (χ4v) is 4.94. The highest BCUT2D eigenvalue weighted by molar-refractivity contribution is 7.14. The van der Waals surface area contributed by atoms with E-state index in [1.165, 1.54) is 29.5 Å². The van der Waals surface area contributed by atoms with E-state index in [4.69, 9.17) is 4.74 Å². The number of carbonyl (C=O) groups excluding carboxylic acids is 3. The van der Waals surface area contributed by atoms with Crippen LogP contribution < -0.4 is 4.90 Å². The number of anilines is 1. The van der Waals surface area contributed by atoms with Crippen molar-refractivity contribution in [2.24, 2.45) is 0 Å². The van der Waals surface area contributed by atoms with E-state index < -0.39 is 23.7 Å². The number of imidazole rings is 1. The smallest absolute Gasteiger partial charge is 0.337 e. The molecule has 0 saturated carbocycles. The number of ketones is 1. The van der Waals surface area contributed by atoms with E-state index >= 15 is 0 Å². The van der Waals surface area contributed by atoms with Crippen molar-refractivity contribution in [2.75, 3.05) is 12.0 Å². The van der Waals surface area contributed by atoms with Crippen molar-refractivity contribution < 1.29 is 24.2 Å². The van der Waals surface area contributed by atoms with Gasteiger partial charge in [-0.1, -0.05) is 18.2 Å². The van der Waals surface area contributed by atoms with Crippen molar-refractivity contribution in [1.82, 2.24) is 14.4 Å². The van der Waals surface area contributed by atoms with Crippen LogP contribution in [0.25, 0.3) is 11.4 Å². The average Bonchev–Trinajstić information content (AvgIpc) is 3.57. The summed E-state index contributed by atoms with van der Waals surface area (Å²) in [6.45, 7) is 3.68. The molecule has 1 aromatic carbocycles. The minimum Gasteiger partial charge on any atom is -0.505 e. The molecule has 0 aliphatic carbocycles. The van der Waals surface area contributed by atoms with E-state index in [-0.39, 0.29) is 17.0 Å². The van der Waals surface area contributed by atoms with Crippen LogP contribution in [0.4, 0.5) is 5.13 Å². The molecule has 1 unspecified atom stereocenters. The molecule has 1 saturated heterocycles. The van der Waals surface area contributed by atoms with Crippen LogP contribution >= 0.6 is 11.3 Å². The summed E-state index contributed by atoms with van der Waals surface area (Å²) in [5.41, 5.74) is 3.11. The van der Waals surface area contributed by atoms with Crippen molar-refractivity contribution >= 4 is 45.5 Å². The number of amides is 1. The molecule has 4 heterocycles. The summed E-state index contributed by atoms with van der Waals surface area (Å²) in [5.74, 6) is -2.53. The molecule has 1 aliphatic heterocycles. The van der Waals surface area contributed by atoms with Gasteiger partial charge in [-0.25, -0.2) is 14.8 Å². The van der Waals surface area contributed by atoms with E-state index in [1.54, 1.807) is 36.6 Å². The molecular formula is C25H20N4O5S. The van der Waals surface area contributed by atoms with Crippen LogP contribution in [0.3, 0.4) is 0 Å². The zero-order valence-electron chi connectivity index (χ0n) is 19.1. The quantitative estimate of drug-likeness (QED) is 0.201. The van der Waals surface area contributed by atoms with E-state index in [9.17, 15) is 19.5 Å². The van der Waals surface area contributed by atoms with Crippen LogP contribution in [0.15, 0.2) is 59.7 Å². The highest BCUT2D eigenvalue weighted by Gasteiger charge is 2.48. The number of carbonyl (C=O) groups is 3. The van der Waals surface area contributed by atoms with Crippen LogP contribution in [0.2, 0.25) is 0 Å². The Balaban J connectivity index is 1.73. The van der Waals surface area contributed by atoms with Gasteiger partial charge in [0.25, 0.3) is 5.78 Å². The Kier molecular flexibility index (Phi) is 5.45. The first-order valence-corrected chi connectivity index (χ1v) is 11.5. The number of fused-ring (bicyclic) bond motifs is 1. The number of nitrogens with zero attached hydrogens (tertiary/aromatic N) is 4. The Morgan fingerprint density at radius 2 is 1.89 bits per heavy atom. The Hall–Kier alpha value is -4.31. The second kappa shape index (κ2) is 8.48. The first-order valence-electron chi connectivity index (χ1n) is 10.7. The van der Waals surface area contributed by atoms with Crippen LogP contribution in [-0.4, -0.2) is 44.2 Å². The number of Topliss-reactive ketones (excluding diaryl/α,β-unsaturated/α-hetero) is 1. The van der Waals surface area contributed by atoms with E-state index in [2.05, 4.69) is 9.97 Å². The van der Waals surface area contributed by atoms with Crippen LogP contribution in [-0.2, 0) is 14.3 Å². The van der Waals surface area contributed by atoms with Gasteiger partial charge in [-0.05, 0) is 43.2 Å². The Morgan fingerprint density at radius 1 is 1.14 bits per heavy atom. The Labute approximate surface area is 203 Å². The number of benzene rings is 1. The maximum absolute atomic E-state index is 13.3. The molecule has 1 amide bonds. The maximum atomic E-state index is 13.3. The number of hydrogen-bond acceptors (Lipinski definition) is 8. The monoisotopic (exact) mass is 488 g/mol. The van der Waals surface area contributed by atoms with Crippen LogP contribution in [0, 0.1) is 13.8 Å². The largest absolute Gasteiger partial charge is 0.505 e. The number of esters is 1. The van der Waals surface area contributed by atoms with Crippen LogP contribution in [0.5, 0.6) is 0 Å². The molecule has 0 spiro atoms. The van der Waals surface area contributed by atoms with Gasteiger partial charge in [0.05, 0.1) is 30.0 Å². The lowest BCUT2D eigenvalue weighted by Gasteiger charge is -2.23. The number of aliphatic hydroxyl groups excluding tert-OH is 1. The van der Waals surface area contributed by atoms with E-state index in [1.807, 2.05) is 29.7 Å². The predicted octanol–water partition coefficient (Wildman–Crippen LogP) is 3.82. The predicted molar refractivity (Wildman–Crippen MR) is 129 cm³/mol. The lowest BCUT2D eigenvalue weighted by Crippen LogP contribution is -2.29. The second-order valence-electron chi connectivity index (χ2n) is 8.03. The number of aryl methyl sites for hydroxylation is 2. The molecule has 0 radical (unpaired) electrons. The number of ether oxygens (including phenoxy) is 1. The van der Waals surface area contributed by atoms with Gasteiger partial charge in [-0.3, -0.25) is 14.5 Å². The van der Waals surface area contributed by atoms with Crippen molar-refractivity contribution in [1.29, 1.82) is 0 Å². The molecule has 5 rings (SSSR count). The maximum Gasteiger partial charge on any atom is 0.337 e. The topological polar surface area (TPSA) is 114 Å². The molecule has 1 fully saturated rings. The third-order valence-corrected chi connectivity index (χ3v) is 6.80. The first kappa shape index (κ1) is 22.5. The molecule has 176 valence electrons. The summed E-state index contributed by atoms with van der Waals surface area (Å²) in [6.07, 6.45) is 3.35. The summed E-state index contributed by atoms with van der Waals surface area (Å²) in [5, 5.41) is 13.4. The molecule has 1 aliphatic rings. The van der Waals surface area contributed by atoms with Crippen molar-refractivity contribution in [2.45, 2.75) is 19.9 Å². The Morgan fingerprint density at radius 3 is 2.51 bits per heavy atom. The third-order valence-electron chi connectivity index (χ3n) is 6.03. The highest BCUT2D eigenvalue weighted by Crippen LogP contribution is 2.43. The van der Waals surface area contributed by atoms with Crippen molar-refractivity contribution in [3.8, 4) is 0 Å². The van der Waals surface area contributed by atoms with Gasteiger partial charge < -0.3 is 14.2 Å². The number of rotatable bonds is 4. The number of aromatic nitrogens is 3. The standard InChI is InChI=1S/C25H20N4O5S/c1-13-5-4-11-28-14(2)18(27-22(13)28)20(30)17-19(15-6-8-16(9-7-15)24(33)34-3)29(23(32)21(17)31)25-26-10-12-35-25/h4-12,19,30H,1-3H3/b20-17+. The zero-order valence-corrected chi connectivity index (χ0v) is 19.9. The third kappa shape index (κ3) is 3.50. The van der Waals surface area contributed by atoms with Crippen molar-refractivity contribution in [3.05, 3.63) is 87.8 Å². The number of pyridine rings is 1. The molecule has 1 N–H and O–H groups in total. The summed E-state index contributed by atoms with van der Waals surface area (Å²) >= 11 is 1.20. The van der Waals surface area contributed by atoms with Gasteiger partial charge in [0.2, 0.25) is 0 Å². The molecule has 0 bridgehead atoms. The fourth-order valence-electron chi connectivity index (χ4n) is 4.27. The summed E-state index contributed by atoms with van der Waals surface area (Å²) in [7, 11) is 1.28. The lowest BCUT2D eigenvalue weighted by atomic mass is 9.95. The molecule has 9 nitrogen and oxygen atoms in total. The lowest BCUT2D eigenvalue weighted by molar-refractivity contribution is -0.132. The minimum absolute atomic E-state index is 0.0971. The Bertz CT molecular complexity index is 1520. The number of thiazole rings is 1. The normalized spacial score (nSPS) is 17.3. The van der Waals surface area contributed by atoms with Crippen molar-refractivity contribution in [3.63, 3.8) is 0 Å². The summed E-state index contributed by atoms with van der Waals surface area (Å²) < 4.78 is 6.58. The van der Waals surface area contributed by atoms with Crippen LogP contribution in [0.1, 0.15) is 38.9 Å². The van der Waals surface area contributed by atoms with Gasteiger partial charge >= 0.3 is 11.9 Å². The van der Waals surface area contributed by atoms with E-state index in [0.717, 1.165) is 5.56 Å². The SMILES string of the molecule is COC(=O)c1ccc(C2/C(=C(\O)c3nc4c(C)cccn4c3C)C(=O)C(=O)N2c2nccs2)cc1. The molecule has 10 heteroatoms. The van der Waals surface area contributed by atoms with Gasteiger partial charge in [0, 0.05) is 17.8 Å². The molecule has 35 heavy (non-hydrogen) atoms. The van der Waals surface area contributed by atoms with Gasteiger partial charge in [0.15, 0.2) is 10.9 Å². The highest BCUT2D eigenvalue weighted by atomic mass is 32.1. The van der Waals surface area contributed by atoms with E-state index in [0.29, 0.717) is 27.6 Å².